The molecule has 0 saturated carbocycles. The molecule has 1 aliphatic carbocycles. The van der Waals surface area contributed by atoms with Crippen LogP contribution in [0.25, 0.3) is 0 Å². The van der Waals surface area contributed by atoms with Crippen molar-refractivity contribution in [2.45, 2.75) is 51.5 Å². The van der Waals surface area contributed by atoms with E-state index < -0.39 is 0 Å². The van der Waals surface area contributed by atoms with Gasteiger partial charge in [-0.1, -0.05) is 38.1 Å². The maximum absolute atomic E-state index is 12.8. The minimum atomic E-state index is 0.183. The van der Waals surface area contributed by atoms with Crippen LogP contribution in [0.3, 0.4) is 0 Å². The predicted molar refractivity (Wildman–Crippen MR) is 108 cm³/mol. The van der Waals surface area contributed by atoms with Crippen molar-refractivity contribution in [3.05, 3.63) is 35.4 Å². The number of benzene rings is 1. The smallest absolute Gasteiger partial charge is 0.220 e. The lowest BCUT2D eigenvalue weighted by Crippen LogP contribution is -2.35. The molecule has 0 bridgehead atoms. The fourth-order valence-electron chi connectivity index (χ4n) is 5.20. The van der Waals surface area contributed by atoms with Crippen LogP contribution in [0.5, 0.6) is 0 Å². The van der Waals surface area contributed by atoms with Crippen molar-refractivity contribution < 1.29 is 9.53 Å². The molecule has 1 aromatic rings. The first kappa shape index (κ1) is 18.9. The zero-order valence-corrected chi connectivity index (χ0v) is 16.8. The Balaban J connectivity index is 1.43. The number of carbonyl (C=O) groups is 1. The molecule has 0 aromatic heterocycles. The zero-order valence-electron chi connectivity index (χ0n) is 16.8. The zero-order chi connectivity index (χ0) is 18.8. The van der Waals surface area contributed by atoms with E-state index in [1.165, 1.54) is 24.1 Å². The number of fused-ring (bicyclic) bond motifs is 3. The van der Waals surface area contributed by atoms with Gasteiger partial charge in [0.15, 0.2) is 0 Å². The van der Waals surface area contributed by atoms with E-state index >= 15 is 0 Å². The number of nitrogens with zero attached hydrogens (tertiary/aromatic N) is 1. The standard InChI is InChI=1S/C23H34N2O2/c1-16(2)7-10-25-14-20-18-5-3-4-6-19(18)23(21(20)15-25)24-22(26)13-17-8-11-27-12-9-17/h3-6,16-17,20-21,23H,7-15H2,1-2H3,(H,24,26)/t20-,21-,23+/m0/s1. The Bertz CT molecular complexity index is 654. The van der Waals surface area contributed by atoms with E-state index in [0.29, 0.717) is 24.2 Å². The fourth-order valence-corrected chi connectivity index (χ4v) is 5.20. The van der Waals surface area contributed by atoms with Gasteiger partial charge in [-0.3, -0.25) is 4.79 Å². The molecule has 2 fully saturated rings. The summed E-state index contributed by atoms with van der Waals surface area (Å²) in [6.45, 7) is 9.63. The second-order valence-corrected chi connectivity index (χ2v) is 9.15. The van der Waals surface area contributed by atoms with Gasteiger partial charge in [0.25, 0.3) is 0 Å². The lowest BCUT2D eigenvalue weighted by atomic mass is 9.93. The number of rotatable bonds is 6. The van der Waals surface area contributed by atoms with Crippen LogP contribution < -0.4 is 5.32 Å². The quantitative estimate of drug-likeness (QED) is 0.829. The van der Waals surface area contributed by atoms with Gasteiger partial charge in [0, 0.05) is 44.6 Å². The summed E-state index contributed by atoms with van der Waals surface area (Å²) in [5, 5.41) is 3.43. The molecule has 4 rings (SSSR count). The third-order valence-corrected chi connectivity index (χ3v) is 6.75. The average molecular weight is 371 g/mol. The van der Waals surface area contributed by atoms with Gasteiger partial charge in [-0.15, -0.1) is 0 Å². The van der Waals surface area contributed by atoms with Crippen LogP contribution in [0, 0.1) is 17.8 Å². The molecule has 4 heteroatoms. The van der Waals surface area contributed by atoms with Crippen LogP contribution in [0.15, 0.2) is 24.3 Å². The Labute approximate surface area is 163 Å². The van der Waals surface area contributed by atoms with E-state index in [2.05, 4.69) is 48.3 Å². The van der Waals surface area contributed by atoms with Crippen molar-refractivity contribution in [2.24, 2.45) is 17.8 Å². The van der Waals surface area contributed by atoms with Gasteiger partial charge in [-0.25, -0.2) is 0 Å². The van der Waals surface area contributed by atoms with Gasteiger partial charge >= 0.3 is 0 Å². The monoisotopic (exact) mass is 370 g/mol. The highest BCUT2D eigenvalue weighted by Crippen LogP contribution is 2.49. The molecule has 0 spiro atoms. The number of hydrogen-bond acceptors (Lipinski definition) is 3. The number of amides is 1. The fraction of sp³-hybridized carbons (Fsp3) is 0.696. The molecule has 1 amide bonds. The highest BCUT2D eigenvalue weighted by atomic mass is 16.5. The topological polar surface area (TPSA) is 41.6 Å². The van der Waals surface area contributed by atoms with E-state index in [9.17, 15) is 4.79 Å². The van der Waals surface area contributed by atoms with Crippen molar-refractivity contribution in [1.82, 2.24) is 10.2 Å². The molecule has 3 atom stereocenters. The molecule has 0 radical (unpaired) electrons. The molecule has 1 aromatic carbocycles. The number of nitrogens with one attached hydrogen (secondary N) is 1. The average Bonchev–Trinajstić information content (AvgIpc) is 3.20. The van der Waals surface area contributed by atoms with Crippen LogP contribution in [0.2, 0.25) is 0 Å². The third kappa shape index (κ3) is 4.22. The van der Waals surface area contributed by atoms with Gasteiger partial charge in [0.1, 0.15) is 0 Å². The van der Waals surface area contributed by atoms with Crippen molar-refractivity contribution in [3.8, 4) is 0 Å². The van der Waals surface area contributed by atoms with Gasteiger partial charge < -0.3 is 15.0 Å². The molecule has 4 nitrogen and oxygen atoms in total. The van der Waals surface area contributed by atoms with Crippen molar-refractivity contribution >= 4 is 5.91 Å². The van der Waals surface area contributed by atoms with E-state index in [0.717, 1.165) is 45.1 Å². The molecule has 3 aliphatic rings. The predicted octanol–water partition coefficient (Wildman–Crippen LogP) is 3.74. The first-order valence-corrected chi connectivity index (χ1v) is 10.8. The molecule has 27 heavy (non-hydrogen) atoms. The van der Waals surface area contributed by atoms with E-state index in [1.807, 2.05) is 0 Å². The Morgan fingerprint density at radius 2 is 1.93 bits per heavy atom. The molecule has 2 saturated heterocycles. The van der Waals surface area contributed by atoms with Crippen LogP contribution in [-0.2, 0) is 9.53 Å². The Hall–Kier alpha value is -1.39. The lowest BCUT2D eigenvalue weighted by molar-refractivity contribution is -0.123. The highest BCUT2D eigenvalue weighted by molar-refractivity contribution is 5.77. The number of carbonyl (C=O) groups excluding carboxylic acids is 1. The van der Waals surface area contributed by atoms with E-state index in [1.54, 1.807) is 0 Å². The van der Waals surface area contributed by atoms with Crippen molar-refractivity contribution in [1.29, 1.82) is 0 Å². The van der Waals surface area contributed by atoms with E-state index in [4.69, 9.17) is 4.74 Å². The van der Waals surface area contributed by atoms with Crippen molar-refractivity contribution in [3.63, 3.8) is 0 Å². The minimum absolute atomic E-state index is 0.183. The Kier molecular flexibility index (Phi) is 5.84. The third-order valence-electron chi connectivity index (χ3n) is 6.75. The summed E-state index contributed by atoms with van der Waals surface area (Å²) >= 11 is 0. The van der Waals surface area contributed by atoms with Gasteiger partial charge in [0.05, 0.1) is 6.04 Å². The lowest BCUT2D eigenvalue weighted by Gasteiger charge is -2.25. The summed E-state index contributed by atoms with van der Waals surface area (Å²) in [6, 6.07) is 8.96. The van der Waals surface area contributed by atoms with Crippen molar-refractivity contribution in [2.75, 3.05) is 32.8 Å². The highest BCUT2D eigenvalue weighted by Gasteiger charge is 2.46. The first-order chi connectivity index (χ1) is 13.1. The maximum atomic E-state index is 12.8. The molecular weight excluding hydrogens is 336 g/mol. The Morgan fingerprint density at radius 1 is 1.19 bits per heavy atom. The molecule has 2 heterocycles. The minimum Gasteiger partial charge on any atom is -0.381 e. The summed E-state index contributed by atoms with van der Waals surface area (Å²) in [4.78, 5) is 15.4. The maximum Gasteiger partial charge on any atom is 0.220 e. The van der Waals surface area contributed by atoms with Gasteiger partial charge in [-0.2, -0.15) is 0 Å². The second kappa shape index (κ2) is 8.32. The van der Waals surface area contributed by atoms with Crippen LogP contribution >= 0.6 is 0 Å². The number of likely N-dealkylation sites (tertiary alicyclic amines) is 1. The number of hydrogen-bond donors (Lipinski definition) is 1. The summed E-state index contributed by atoms with van der Waals surface area (Å²) in [6.07, 6.45) is 3.94. The van der Waals surface area contributed by atoms with E-state index in [-0.39, 0.29) is 11.9 Å². The molecular formula is C23H34N2O2. The molecule has 1 N–H and O–H groups in total. The normalized spacial score (nSPS) is 28.3. The molecule has 0 unspecified atom stereocenters. The second-order valence-electron chi connectivity index (χ2n) is 9.15. The molecule has 2 aliphatic heterocycles. The Morgan fingerprint density at radius 3 is 2.67 bits per heavy atom. The van der Waals surface area contributed by atoms with Gasteiger partial charge in [-0.05, 0) is 48.8 Å². The largest absolute Gasteiger partial charge is 0.381 e. The van der Waals surface area contributed by atoms with Gasteiger partial charge in [0.2, 0.25) is 5.91 Å². The van der Waals surface area contributed by atoms with Crippen LogP contribution in [0.1, 0.15) is 62.6 Å². The van der Waals surface area contributed by atoms with Crippen LogP contribution in [-0.4, -0.2) is 43.7 Å². The molecule has 148 valence electrons. The summed E-state index contributed by atoms with van der Waals surface area (Å²) in [5.41, 5.74) is 2.82. The summed E-state index contributed by atoms with van der Waals surface area (Å²) < 4.78 is 5.43. The SMILES string of the molecule is CC(C)CCN1C[C@@H]2[C@H](NC(=O)CC3CCOCC3)c3ccccc3[C@@H]2C1. The summed E-state index contributed by atoms with van der Waals surface area (Å²) in [7, 11) is 0. The van der Waals surface area contributed by atoms with Crippen LogP contribution in [0.4, 0.5) is 0 Å². The summed E-state index contributed by atoms with van der Waals surface area (Å²) in [5.74, 6) is 2.54. The number of ether oxygens (including phenoxy) is 1. The first-order valence-electron chi connectivity index (χ1n) is 10.8.